The SMILES string of the molecule is C[C@H]1C[C@H](n2cc(F)c(=O)[nH]c2=O)O[C@H]1COP(=O)(O)O[C@@H]1C[C@H](N2C=CC(N)NC2=O)O[C@H]1CO. The molecule has 2 fully saturated rings. The lowest BCUT2D eigenvalue weighted by Gasteiger charge is -2.29. The van der Waals surface area contributed by atoms with Crippen molar-refractivity contribution in [2.45, 2.75) is 56.7 Å². The van der Waals surface area contributed by atoms with Gasteiger partial charge in [-0.25, -0.2) is 14.2 Å². The van der Waals surface area contributed by atoms with Gasteiger partial charge in [0.25, 0.3) is 5.56 Å². The third-order valence-electron chi connectivity index (χ3n) is 6.09. The second-order valence-corrected chi connectivity index (χ2v) is 10.1. The fraction of sp³-hybridized carbons (Fsp3) is 0.632. The van der Waals surface area contributed by atoms with Crippen LogP contribution in [0.1, 0.15) is 26.0 Å². The monoisotopic (exact) mass is 535 g/mol. The third-order valence-corrected chi connectivity index (χ3v) is 7.11. The number of aromatic nitrogens is 2. The van der Waals surface area contributed by atoms with Gasteiger partial charge < -0.3 is 30.5 Å². The highest BCUT2D eigenvalue weighted by Crippen LogP contribution is 2.48. The number of amides is 2. The highest BCUT2D eigenvalue weighted by Gasteiger charge is 2.44. The maximum absolute atomic E-state index is 13.6. The van der Waals surface area contributed by atoms with Gasteiger partial charge >= 0.3 is 19.5 Å². The first-order valence-corrected chi connectivity index (χ1v) is 12.6. The standard InChI is InChI=1S/C19H27FN5O10P/c1-9-4-15(25-6-10(20)17(27)23-19(25)29)34-13(9)8-32-36(30,31)35-11-5-16(33-12(11)7-26)24-3-2-14(21)22-18(24)28/h2-3,6,9,11-16,26H,4-5,7-8,21H2,1H3,(H,22,28)(H,30,31)(H,23,27,29)/t9-,11+,12-,13-,14?,15+,16+/m0/s1. The van der Waals surface area contributed by atoms with Crippen LogP contribution in [0.2, 0.25) is 0 Å². The molecule has 2 saturated heterocycles. The molecular formula is C19H27FN5O10P. The first-order chi connectivity index (χ1) is 17.0. The van der Waals surface area contributed by atoms with E-state index in [9.17, 15) is 33.3 Å². The van der Waals surface area contributed by atoms with Gasteiger partial charge in [0.05, 0.1) is 31.7 Å². The minimum Gasteiger partial charge on any atom is -0.394 e. The van der Waals surface area contributed by atoms with Crippen LogP contribution in [0.15, 0.2) is 28.1 Å². The van der Waals surface area contributed by atoms with Crippen LogP contribution in [0.5, 0.6) is 0 Å². The molecule has 0 spiro atoms. The van der Waals surface area contributed by atoms with E-state index in [2.05, 4.69) is 5.32 Å². The van der Waals surface area contributed by atoms with Gasteiger partial charge in [0.2, 0.25) is 5.82 Å². The summed E-state index contributed by atoms with van der Waals surface area (Å²) in [6.45, 7) is 0.793. The van der Waals surface area contributed by atoms with Crippen molar-refractivity contribution in [1.29, 1.82) is 0 Å². The van der Waals surface area contributed by atoms with Gasteiger partial charge in [-0.1, -0.05) is 6.92 Å². The molecule has 36 heavy (non-hydrogen) atoms. The number of phosphoric acid groups is 1. The van der Waals surface area contributed by atoms with Crippen molar-refractivity contribution in [2.75, 3.05) is 13.2 Å². The molecular weight excluding hydrogens is 508 g/mol. The molecule has 17 heteroatoms. The fourth-order valence-electron chi connectivity index (χ4n) is 4.18. The molecule has 4 heterocycles. The topological polar surface area (TPSA) is 208 Å². The average Bonchev–Trinajstić information content (AvgIpc) is 3.37. The summed E-state index contributed by atoms with van der Waals surface area (Å²) >= 11 is 0. The maximum atomic E-state index is 13.6. The molecule has 0 radical (unpaired) electrons. The summed E-state index contributed by atoms with van der Waals surface area (Å²) in [7, 11) is -4.68. The Kier molecular flexibility index (Phi) is 7.78. The number of urea groups is 1. The Labute approximate surface area is 203 Å². The molecule has 0 aromatic carbocycles. The van der Waals surface area contributed by atoms with Crippen LogP contribution in [0.3, 0.4) is 0 Å². The van der Waals surface area contributed by atoms with E-state index in [4.69, 9.17) is 24.3 Å². The number of ether oxygens (including phenoxy) is 2. The predicted octanol–water partition coefficient (Wildman–Crippen LogP) is -0.967. The molecule has 15 nitrogen and oxygen atoms in total. The van der Waals surface area contributed by atoms with Gasteiger partial charge in [-0.05, 0) is 18.4 Å². The molecule has 3 aliphatic rings. The molecule has 8 atom stereocenters. The lowest BCUT2D eigenvalue weighted by molar-refractivity contribution is -0.0580. The summed E-state index contributed by atoms with van der Waals surface area (Å²) < 4.78 is 48.7. The van der Waals surface area contributed by atoms with Crippen LogP contribution in [-0.2, 0) is 23.1 Å². The van der Waals surface area contributed by atoms with Crippen molar-refractivity contribution in [2.24, 2.45) is 11.7 Å². The summed E-state index contributed by atoms with van der Waals surface area (Å²) in [6.07, 6.45) is -1.45. The fourth-order valence-corrected chi connectivity index (χ4v) is 5.14. The summed E-state index contributed by atoms with van der Waals surface area (Å²) in [6, 6.07) is -0.542. The van der Waals surface area contributed by atoms with Crippen molar-refractivity contribution >= 4 is 13.9 Å². The van der Waals surface area contributed by atoms with Crippen molar-refractivity contribution in [3.63, 3.8) is 0 Å². The van der Waals surface area contributed by atoms with Crippen LogP contribution in [0, 0.1) is 11.7 Å². The van der Waals surface area contributed by atoms with E-state index in [1.165, 1.54) is 17.2 Å². The number of aromatic amines is 1. The summed E-state index contributed by atoms with van der Waals surface area (Å²) in [4.78, 5) is 48.7. The molecule has 2 amide bonds. The van der Waals surface area contributed by atoms with E-state index in [0.29, 0.717) is 0 Å². The normalized spacial score (nSPS) is 34.1. The number of hydrogen-bond donors (Lipinski definition) is 5. The Morgan fingerprint density at radius 1 is 1.25 bits per heavy atom. The van der Waals surface area contributed by atoms with Gasteiger partial charge in [-0.2, -0.15) is 4.39 Å². The second-order valence-electron chi connectivity index (χ2n) is 8.67. The number of nitrogens with two attached hydrogens (primary N) is 1. The van der Waals surface area contributed by atoms with Gasteiger partial charge in [0.1, 0.15) is 24.7 Å². The lowest BCUT2D eigenvalue weighted by atomic mass is 10.0. The van der Waals surface area contributed by atoms with E-state index < -0.39 is 81.1 Å². The number of nitrogens with zero attached hydrogens (tertiary/aromatic N) is 2. The van der Waals surface area contributed by atoms with Gasteiger partial charge in [0, 0.05) is 12.6 Å². The molecule has 1 aromatic rings. The number of aliphatic hydroxyl groups is 1. The predicted molar refractivity (Wildman–Crippen MR) is 117 cm³/mol. The Bertz CT molecular complexity index is 1180. The van der Waals surface area contributed by atoms with Crippen molar-refractivity contribution in [3.05, 3.63) is 45.1 Å². The van der Waals surface area contributed by atoms with Crippen LogP contribution < -0.4 is 22.3 Å². The third kappa shape index (κ3) is 5.76. The molecule has 4 rings (SSSR count). The zero-order valence-corrected chi connectivity index (χ0v) is 20.0. The van der Waals surface area contributed by atoms with E-state index in [1.54, 1.807) is 6.92 Å². The van der Waals surface area contributed by atoms with Crippen molar-refractivity contribution < 1.29 is 42.3 Å². The van der Waals surface area contributed by atoms with Crippen LogP contribution >= 0.6 is 7.82 Å². The average molecular weight is 535 g/mol. The number of hydrogen-bond acceptors (Lipinski definition) is 10. The van der Waals surface area contributed by atoms with E-state index >= 15 is 0 Å². The number of carbonyl (C=O) groups is 1. The Morgan fingerprint density at radius 2 is 1.97 bits per heavy atom. The highest BCUT2D eigenvalue weighted by molar-refractivity contribution is 7.47. The minimum atomic E-state index is -4.68. The number of aliphatic hydroxyl groups excluding tert-OH is 1. The van der Waals surface area contributed by atoms with Crippen LogP contribution in [0.25, 0.3) is 0 Å². The molecule has 6 N–H and O–H groups in total. The zero-order chi connectivity index (χ0) is 26.2. The van der Waals surface area contributed by atoms with Crippen molar-refractivity contribution in [1.82, 2.24) is 19.8 Å². The number of nitrogens with one attached hydrogen (secondary N) is 2. The lowest BCUT2D eigenvalue weighted by Crippen LogP contribution is -2.52. The number of carbonyl (C=O) groups excluding carboxylic acids is 1. The molecule has 2 unspecified atom stereocenters. The van der Waals surface area contributed by atoms with Gasteiger partial charge in [0.15, 0.2) is 0 Å². The van der Waals surface area contributed by atoms with Crippen LogP contribution in [0.4, 0.5) is 9.18 Å². The molecule has 0 saturated carbocycles. The minimum absolute atomic E-state index is 0.0365. The van der Waals surface area contributed by atoms with E-state index in [0.717, 1.165) is 10.8 Å². The molecule has 0 bridgehead atoms. The summed E-state index contributed by atoms with van der Waals surface area (Å²) in [5.74, 6) is -1.42. The van der Waals surface area contributed by atoms with Crippen molar-refractivity contribution in [3.8, 4) is 0 Å². The largest absolute Gasteiger partial charge is 0.472 e. The van der Waals surface area contributed by atoms with Crippen LogP contribution in [-0.4, -0.2) is 74.4 Å². The van der Waals surface area contributed by atoms with E-state index in [-0.39, 0.29) is 18.8 Å². The molecule has 1 aromatic heterocycles. The number of phosphoric ester groups is 1. The quantitative estimate of drug-likeness (QED) is 0.256. The Balaban J connectivity index is 1.35. The molecule has 0 aliphatic carbocycles. The number of rotatable bonds is 8. The first kappa shape index (κ1) is 26.6. The first-order valence-electron chi connectivity index (χ1n) is 11.1. The van der Waals surface area contributed by atoms with Gasteiger partial charge in [-0.3, -0.25) is 28.3 Å². The number of H-pyrrole nitrogens is 1. The number of halogens is 1. The second kappa shape index (κ2) is 10.5. The highest BCUT2D eigenvalue weighted by atomic mass is 31.2. The van der Waals surface area contributed by atoms with Gasteiger partial charge in [-0.15, -0.1) is 0 Å². The zero-order valence-electron chi connectivity index (χ0n) is 19.1. The van der Waals surface area contributed by atoms with E-state index in [1.807, 2.05) is 4.98 Å². The maximum Gasteiger partial charge on any atom is 0.472 e. The molecule has 200 valence electrons. The summed E-state index contributed by atoms with van der Waals surface area (Å²) in [5, 5.41) is 12.1. The molecule has 3 aliphatic heterocycles. The Morgan fingerprint density at radius 3 is 2.67 bits per heavy atom. The smallest absolute Gasteiger partial charge is 0.394 e. The summed E-state index contributed by atoms with van der Waals surface area (Å²) in [5.41, 5.74) is 3.60. The Hall–Kier alpha value is -2.43.